The van der Waals surface area contributed by atoms with Gasteiger partial charge in [-0.25, -0.2) is 4.98 Å². The molecule has 0 aliphatic carbocycles. The number of nitrogens with one attached hydrogen (secondary N) is 2. The van der Waals surface area contributed by atoms with Gasteiger partial charge in [0.25, 0.3) is 5.91 Å². The molecule has 178 valence electrons. The maximum atomic E-state index is 13.0. The number of hydrogen-bond donors (Lipinski definition) is 2. The average Bonchev–Trinajstić information content (AvgIpc) is 3.24. The molecule has 34 heavy (non-hydrogen) atoms. The van der Waals surface area contributed by atoms with Gasteiger partial charge < -0.3 is 15.5 Å². The molecule has 0 unspecified atom stereocenters. The molecule has 2 N–H and O–H groups in total. The molecule has 0 saturated carbocycles. The number of halogens is 1. The number of rotatable bonds is 10. The van der Waals surface area contributed by atoms with Crippen molar-refractivity contribution in [1.82, 2.24) is 20.2 Å². The predicted octanol–water partition coefficient (Wildman–Crippen LogP) is 3.79. The third-order valence-electron chi connectivity index (χ3n) is 4.66. The Morgan fingerprint density at radius 2 is 1.91 bits per heavy atom. The van der Waals surface area contributed by atoms with Gasteiger partial charge in [0, 0.05) is 30.9 Å². The lowest BCUT2D eigenvalue weighted by Gasteiger charge is -2.24. The molecule has 3 amide bonds. The summed E-state index contributed by atoms with van der Waals surface area (Å²) in [4.78, 5) is 47.6. The fraction of sp³-hybridized carbons (Fsp3) is 0.292. The zero-order chi connectivity index (χ0) is 24.5. The van der Waals surface area contributed by atoms with Gasteiger partial charge in [-0.1, -0.05) is 43.6 Å². The molecule has 3 rings (SSSR count). The Bertz CT molecular complexity index is 1140. The predicted molar refractivity (Wildman–Crippen MR) is 133 cm³/mol. The van der Waals surface area contributed by atoms with Crippen LogP contribution in [0.5, 0.6) is 0 Å². The molecule has 3 aromatic rings. The molecule has 10 heteroatoms. The van der Waals surface area contributed by atoms with Crippen LogP contribution in [-0.2, 0) is 22.6 Å². The summed E-state index contributed by atoms with van der Waals surface area (Å²) in [6.07, 6.45) is 3.46. The van der Waals surface area contributed by atoms with Gasteiger partial charge in [-0.15, -0.1) is 11.3 Å². The first kappa shape index (κ1) is 25.3. The topological polar surface area (TPSA) is 104 Å². The minimum absolute atomic E-state index is 0.0943. The first-order valence-electron chi connectivity index (χ1n) is 10.8. The van der Waals surface area contributed by atoms with Crippen LogP contribution < -0.4 is 10.6 Å². The molecule has 1 aromatic carbocycles. The summed E-state index contributed by atoms with van der Waals surface area (Å²) in [5, 5.41) is 7.97. The van der Waals surface area contributed by atoms with E-state index in [1.165, 1.54) is 16.2 Å². The number of carbonyl (C=O) groups excluding carboxylic acids is 3. The Labute approximate surface area is 207 Å². The van der Waals surface area contributed by atoms with E-state index < -0.39 is 0 Å². The van der Waals surface area contributed by atoms with Crippen molar-refractivity contribution in [3.05, 3.63) is 76.0 Å². The number of thiazole rings is 1. The monoisotopic (exact) mass is 499 g/mol. The highest BCUT2D eigenvalue weighted by Gasteiger charge is 2.22. The second kappa shape index (κ2) is 12.2. The summed E-state index contributed by atoms with van der Waals surface area (Å²) in [7, 11) is 0. The first-order valence-corrected chi connectivity index (χ1v) is 12.0. The number of pyridine rings is 1. The van der Waals surface area contributed by atoms with Crippen molar-refractivity contribution in [2.24, 2.45) is 5.92 Å². The highest BCUT2D eigenvalue weighted by molar-refractivity contribution is 7.13. The second-order valence-electron chi connectivity index (χ2n) is 8.07. The fourth-order valence-electron chi connectivity index (χ4n) is 3.17. The van der Waals surface area contributed by atoms with Crippen molar-refractivity contribution >= 4 is 45.8 Å². The van der Waals surface area contributed by atoms with Crippen LogP contribution in [0.3, 0.4) is 0 Å². The van der Waals surface area contributed by atoms with Gasteiger partial charge >= 0.3 is 0 Å². The molecule has 0 spiro atoms. The Morgan fingerprint density at radius 3 is 2.62 bits per heavy atom. The van der Waals surface area contributed by atoms with Gasteiger partial charge in [0.1, 0.15) is 6.54 Å². The van der Waals surface area contributed by atoms with Crippen LogP contribution in [0, 0.1) is 5.92 Å². The van der Waals surface area contributed by atoms with E-state index in [2.05, 4.69) is 20.6 Å². The standard InChI is InChI=1S/C24H26ClN5O3S/c1-16(2)13-30(23(33)19-7-3-4-8-20(19)25)14-22(32)29-24-28-18(15-34-24)10-21(31)27-12-17-6-5-9-26-11-17/h3-9,11,15-16H,10,12-14H2,1-2H3,(H,27,31)(H,28,29,32). The Hall–Kier alpha value is -3.30. The van der Waals surface area contributed by atoms with Crippen molar-refractivity contribution in [2.45, 2.75) is 26.8 Å². The van der Waals surface area contributed by atoms with Crippen LogP contribution >= 0.6 is 22.9 Å². The molecular weight excluding hydrogens is 474 g/mol. The SMILES string of the molecule is CC(C)CN(CC(=O)Nc1nc(CC(=O)NCc2cccnc2)cs1)C(=O)c1ccccc1Cl. The van der Waals surface area contributed by atoms with Crippen molar-refractivity contribution in [2.75, 3.05) is 18.4 Å². The number of aromatic nitrogens is 2. The van der Waals surface area contributed by atoms with Gasteiger partial charge in [0.2, 0.25) is 11.8 Å². The van der Waals surface area contributed by atoms with E-state index in [0.29, 0.717) is 34.5 Å². The van der Waals surface area contributed by atoms with E-state index in [9.17, 15) is 14.4 Å². The maximum absolute atomic E-state index is 13.0. The van der Waals surface area contributed by atoms with Crippen molar-refractivity contribution in [1.29, 1.82) is 0 Å². The van der Waals surface area contributed by atoms with Crippen LogP contribution in [0.25, 0.3) is 0 Å². The van der Waals surface area contributed by atoms with Crippen molar-refractivity contribution in [3.8, 4) is 0 Å². The van der Waals surface area contributed by atoms with E-state index in [1.54, 1.807) is 48.1 Å². The van der Waals surface area contributed by atoms with Crippen LogP contribution in [-0.4, -0.2) is 45.7 Å². The highest BCUT2D eigenvalue weighted by atomic mass is 35.5. The molecular formula is C24H26ClN5O3S. The molecule has 8 nitrogen and oxygen atoms in total. The van der Waals surface area contributed by atoms with Crippen molar-refractivity contribution in [3.63, 3.8) is 0 Å². The zero-order valence-electron chi connectivity index (χ0n) is 19.0. The van der Waals surface area contributed by atoms with Gasteiger partial charge in [0.15, 0.2) is 5.13 Å². The Balaban J connectivity index is 1.55. The third kappa shape index (κ3) is 7.64. The van der Waals surface area contributed by atoms with E-state index in [0.717, 1.165) is 5.56 Å². The molecule has 0 aliphatic heterocycles. The lowest BCUT2D eigenvalue weighted by Crippen LogP contribution is -2.40. The van der Waals surface area contributed by atoms with Crippen molar-refractivity contribution < 1.29 is 14.4 Å². The largest absolute Gasteiger partial charge is 0.352 e. The maximum Gasteiger partial charge on any atom is 0.255 e. The summed E-state index contributed by atoms with van der Waals surface area (Å²) in [5.41, 5.74) is 1.81. The third-order valence-corrected chi connectivity index (χ3v) is 5.80. The summed E-state index contributed by atoms with van der Waals surface area (Å²) in [5.74, 6) is -0.695. The minimum atomic E-state index is -0.372. The molecule has 0 bridgehead atoms. The molecule has 0 aliphatic rings. The van der Waals surface area contributed by atoms with Gasteiger partial charge in [-0.2, -0.15) is 0 Å². The summed E-state index contributed by atoms with van der Waals surface area (Å²) >= 11 is 7.40. The average molecular weight is 500 g/mol. The second-order valence-corrected chi connectivity index (χ2v) is 9.33. The van der Waals surface area contributed by atoms with Crippen LogP contribution in [0.15, 0.2) is 54.2 Å². The number of benzene rings is 1. The summed E-state index contributed by atoms with van der Waals surface area (Å²) in [6, 6.07) is 10.5. The normalized spacial score (nSPS) is 10.7. The van der Waals surface area contributed by atoms with Gasteiger partial charge in [0.05, 0.1) is 22.7 Å². The molecule has 2 heterocycles. The number of hydrogen-bond acceptors (Lipinski definition) is 6. The van der Waals surface area contributed by atoms with E-state index in [1.807, 2.05) is 19.9 Å². The minimum Gasteiger partial charge on any atom is -0.352 e. The number of anilines is 1. The summed E-state index contributed by atoms with van der Waals surface area (Å²) < 4.78 is 0. The lowest BCUT2D eigenvalue weighted by atomic mass is 10.1. The fourth-order valence-corrected chi connectivity index (χ4v) is 4.12. The lowest BCUT2D eigenvalue weighted by molar-refractivity contribution is -0.120. The van der Waals surface area contributed by atoms with Crippen LogP contribution in [0.2, 0.25) is 5.02 Å². The van der Waals surface area contributed by atoms with E-state index >= 15 is 0 Å². The van der Waals surface area contributed by atoms with E-state index in [-0.39, 0.29) is 36.6 Å². The molecule has 0 saturated heterocycles. The molecule has 0 radical (unpaired) electrons. The van der Waals surface area contributed by atoms with Gasteiger partial charge in [-0.3, -0.25) is 19.4 Å². The molecule has 2 aromatic heterocycles. The van der Waals surface area contributed by atoms with Crippen LogP contribution in [0.1, 0.15) is 35.5 Å². The zero-order valence-corrected chi connectivity index (χ0v) is 20.5. The molecule has 0 fully saturated rings. The molecule has 0 atom stereocenters. The number of amides is 3. The number of nitrogens with zero attached hydrogens (tertiary/aromatic N) is 3. The summed E-state index contributed by atoms with van der Waals surface area (Å²) in [6.45, 7) is 4.58. The number of carbonyl (C=O) groups is 3. The smallest absolute Gasteiger partial charge is 0.255 e. The van der Waals surface area contributed by atoms with Crippen LogP contribution in [0.4, 0.5) is 5.13 Å². The Morgan fingerprint density at radius 1 is 1.12 bits per heavy atom. The highest BCUT2D eigenvalue weighted by Crippen LogP contribution is 2.19. The first-order chi connectivity index (χ1) is 16.3. The van der Waals surface area contributed by atoms with E-state index in [4.69, 9.17) is 11.6 Å². The Kier molecular flexibility index (Phi) is 9.12. The van der Waals surface area contributed by atoms with Gasteiger partial charge in [-0.05, 0) is 29.7 Å². The quantitative estimate of drug-likeness (QED) is 0.441.